The molecule has 0 bridgehead atoms. The van der Waals surface area contributed by atoms with Gasteiger partial charge in [-0.3, -0.25) is 0 Å². The SMILES string of the molecule is CN(C)S(=O)(=O)c1ccc2[nH]c(O)c(C3=Nc4ccccc4/C3=N\OCCO[C@@H]3O[C@H](CO)[C@@H](O)[C@H](O)[C@H]3O)c2c1. The van der Waals surface area contributed by atoms with E-state index < -0.39 is 47.3 Å². The first-order valence-electron chi connectivity index (χ1n) is 12.6. The Labute approximate surface area is 234 Å². The molecule has 5 rings (SSSR count). The Balaban J connectivity index is 1.39. The normalized spacial score (nSPS) is 25.6. The Morgan fingerprint density at radius 2 is 1.83 bits per heavy atom. The zero-order valence-electron chi connectivity index (χ0n) is 22.1. The number of nitrogens with zero attached hydrogens (tertiary/aromatic N) is 3. The molecular weight excluding hydrogens is 560 g/mol. The van der Waals surface area contributed by atoms with Crippen LogP contribution in [0.4, 0.5) is 5.69 Å². The highest BCUT2D eigenvalue weighted by molar-refractivity contribution is 7.89. The summed E-state index contributed by atoms with van der Waals surface area (Å²) in [5.74, 6) is -0.232. The molecular formula is C26H30N4O10S. The lowest BCUT2D eigenvalue weighted by atomic mass is 9.99. The molecule has 0 aliphatic carbocycles. The Kier molecular flexibility index (Phi) is 8.13. The second-order valence-electron chi connectivity index (χ2n) is 9.66. The number of hydrogen-bond donors (Lipinski definition) is 6. The number of aromatic hydroxyl groups is 1. The lowest BCUT2D eigenvalue weighted by Crippen LogP contribution is -2.59. The van der Waals surface area contributed by atoms with Gasteiger partial charge in [0.25, 0.3) is 0 Å². The van der Waals surface area contributed by atoms with E-state index in [0.717, 1.165) is 4.31 Å². The zero-order chi connectivity index (χ0) is 29.5. The molecule has 2 aliphatic rings. The number of para-hydroxylation sites is 1. The van der Waals surface area contributed by atoms with Gasteiger partial charge in [-0.2, -0.15) is 0 Å². The maximum atomic E-state index is 12.8. The van der Waals surface area contributed by atoms with Gasteiger partial charge >= 0.3 is 0 Å². The number of aliphatic imine (C=N–C) groups is 1. The summed E-state index contributed by atoms with van der Waals surface area (Å²) >= 11 is 0. The minimum atomic E-state index is -3.75. The van der Waals surface area contributed by atoms with Crippen molar-refractivity contribution in [2.75, 3.05) is 33.9 Å². The largest absolute Gasteiger partial charge is 0.494 e. The molecule has 2 aliphatic heterocycles. The molecule has 1 fully saturated rings. The fourth-order valence-electron chi connectivity index (χ4n) is 4.62. The van der Waals surface area contributed by atoms with E-state index in [0.29, 0.717) is 22.2 Å². The average Bonchev–Trinajstić information content (AvgIpc) is 3.48. The number of rotatable bonds is 9. The van der Waals surface area contributed by atoms with Crippen LogP contribution in [0.1, 0.15) is 11.1 Å². The van der Waals surface area contributed by atoms with Crippen molar-refractivity contribution in [3.63, 3.8) is 0 Å². The predicted octanol–water partition coefficient (Wildman–Crippen LogP) is -0.205. The number of aliphatic hydroxyl groups is 4. The van der Waals surface area contributed by atoms with Crippen molar-refractivity contribution in [2.24, 2.45) is 10.1 Å². The molecule has 6 N–H and O–H groups in total. The van der Waals surface area contributed by atoms with Gasteiger partial charge < -0.3 is 44.8 Å². The monoisotopic (exact) mass is 590 g/mol. The third-order valence-corrected chi connectivity index (χ3v) is 8.65. The van der Waals surface area contributed by atoms with Crippen molar-refractivity contribution in [1.29, 1.82) is 0 Å². The first-order valence-corrected chi connectivity index (χ1v) is 14.1. The lowest BCUT2D eigenvalue weighted by molar-refractivity contribution is -0.302. The summed E-state index contributed by atoms with van der Waals surface area (Å²) in [5.41, 5.74) is 2.44. The van der Waals surface area contributed by atoms with E-state index in [1.54, 1.807) is 30.3 Å². The third kappa shape index (κ3) is 5.33. The topological polar surface area (TPSA) is 207 Å². The summed E-state index contributed by atoms with van der Waals surface area (Å²) in [7, 11) is -0.901. The molecule has 1 saturated heterocycles. The Morgan fingerprint density at radius 3 is 2.56 bits per heavy atom. The smallest absolute Gasteiger partial charge is 0.242 e. The minimum Gasteiger partial charge on any atom is -0.494 e. The number of nitrogens with one attached hydrogen (secondary N) is 1. The molecule has 220 valence electrons. The summed E-state index contributed by atoms with van der Waals surface area (Å²) in [6, 6.07) is 11.5. The van der Waals surface area contributed by atoms with Crippen molar-refractivity contribution < 1.29 is 48.3 Å². The lowest BCUT2D eigenvalue weighted by Gasteiger charge is -2.39. The molecule has 2 aromatic carbocycles. The van der Waals surface area contributed by atoms with E-state index in [9.17, 15) is 34.0 Å². The highest BCUT2D eigenvalue weighted by Gasteiger charge is 2.44. The Bertz CT molecular complexity index is 1600. The van der Waals surface area contributed by atoms with Crippen LogP contribution in [0.5, 0.6) is 5.88 Å². The van der Waals surface area contributed by atoms with Crippen LogP contribution < -0.4 is 0 Å². The van der Waals surface area contributed by atoms with Gasteiger partial charge in [0.05, 0.1) is 29.4 Å². The predicted molar refractivity (Wildman–Crippen MR) is 146 cm³/mol. The molecule has 0 saturated carbocycles. The molecule has 3 heterocycles. The van der Waals surface area contributed by atoms with Crippen LogP contribution >= 0.6 is 0 Å². The molecule has 0 amide bonds. The fraction of sp³-hybridized carbons (Fsp3) is 0.385. The number of fused-ring (bicyclic) bond motifs is 2. The first kappa shape index (κ1) is 29.1. The summed E-state index contributed by atoms with van der Waals surface area (Å²) in [5, 5.41) is 54.8. The van der Waals surface area contributed by atoms with E-state index in [2.05, 4.69) is 15.1 Å². The summed E-state index contributed by atoms with van der Waals surface area (Å²) in [6.45, 7) is -0.851. The number of ether oxygens (including phenoxy) is 2. The van der Waals surface area contributed by atoms with Gasteiger partial charge in [-0.25, -0.2) is 17.7 Å². The van der Waals surface area contributed by atoms with Crippen LogP contribution in [0.2, 0.25) is 0 Å². The second-order valence-corrected chi connectivity index (χ2v) is 11.8. The van der Waals surface area contributed by atoms with Gasteiger partial charge in [-0.05, 0) is 24.3 Å². The van der Waals surface area contributed by atoms with E-state index in [4.69, 9.17) is 14.3 Å². The molecule has 15 heteroatoms. The minimum absolute atomic E-state index is 0.0337. The molecule has 5 atom stereocenters. The van der Waals surface area contributed by atoms with Crippen molar-refractivity contribution in [2.45, 2.75) is 35.6 Å². The van der Waals surface area contributed by atoms with Gasteiger partial charge in [-0.15, -0.1) is 0 Å². The molecule has 0 spiro atoms. The van der Waals surface area contributed by atoms with Crippen molar-refractivity contribution in [1.82, 2.24) is 9.29 Å². The van der Waals surface area contributed by atoms with E-state index in [1.165, 1.54) is 26.2 Å². The first-order chi connectivity index (χ1) is 19.5. The number of oxime groups is 1. The maximum Gasteiger partial charge on any atom is 0.242 e. The molecule has 1 aromatic heterocycles. The van der Waals surface area contributed by atoms with Crippen LogP contribution in [0.3, 0.4) is 0 Å². The Hall–Kier alpha value is -3.41. The zero-order valence-corrected chi connectivity index (χ0v) is 22.9. The number of benzene rings is 2. The third-order valence-electron chi connectivity index (χ3n) is 6.84. The number of aromatic nitrogens is 1. The van der Waals surface area contributed by atoms with Gasteiger partial charge in [0.1, 0.15) is 42.4 Å². The van der Waals surface area contributed by atoms with Crippen LogP contribution in [-0.2, 0) is 24.3 Å². The van der Waals surface area contributed by atoms with E-state index >= 15 is 0 Å². The maximum absolute atomic E-state index is 12.8. The fourth-order valence-corrected chi connectivity index (χ4v) is 5.55. The van der Waals surface area contributed by atoms with Gasteiger partial charge in [0, 0.05) is 30.6 Å². The van der Waals surface area contributed by atoms with Gasteiger partial charge in [0.15, 0.2) is 12.2 Å². The van der Waals surface area contributed by atoms with E-state index in [1.807, 2.05) is 0 Å². The van der Waals surface area contributed by atoms with Crippen molar-refractivity contribution in [3.8, 4) is 5.88 Å². The van der Waals surface area contributed by atoms with Crippen LogP contribution in [0.15, 0.2) is 57.5 Å². The van der Waals surface area contributed by atoms with Gasteiger partial charge in [-0.1, -0.05) is 23.4 Å². The summed E-state index contributed by atoms with van der Waals surface area (Å²) < 4.78 is 37.4. The van der Waals surface area contributed by atoms with Crippen LogP contribution in [-0.4, -0.2) is 119 Å². The Morgan fingerprint density at radius 1 is 1.07 bits per heavy atom. The standard InChI is InChI=1S/C26H30N4O10S/c1-30(2)41(36,37)13-7-8-17-15(11-13)19(25(35)28-17)21-20(14-5-3-4-6-16(14)27-21)29-39-10-9-38-26-24(34)23(33)22(32)18(12-31)40-26/h3-8,11,18,22-24,26,28,31-35H,9-10,12H2,1-2H3/b29-20+/t18-,22-,23+,24-,26-/m1/s1. The van der Waals surface area contributed by atoms with Gasteiger partial charge in [0.2, 0.25) is 10.0 Å². The van der Waals surface area contributed by atoms with Crippen molar-refractivity contribution >= 4 is 38.0 Å². The van der Waals surface area contributed by atoms with E-state index in [-0.39, 0.29) is 41.0 Å². The molecule has 0 radical (unpaired) electrons. The van der Waals surface area contributed by atoms with Crippen LogP contribution in [0, 0.1) is 0 Å². The molecule has 41 heavy (non-hydrogen) atoms. The van der Waals surface area contributed by atoms with Crippen molar-refractivity contribution in [3.05, 3.63) is 53.6 Å². The molecule has 14 nitrogen and oxygen atoms in total. The average molecular weight is 591 g/mol. The number of H-pyrrole nitrogens is 1. The molecule has 3 aromatic rings. The number of sulfonamides is 1. The number of aromatic amines is 1. The van der Waals surface area contributed by atoms with Crippen LogP contribution in [0.25, 0.3) is 10.9 Å². The second kappa shape index (κ2) is 11.5. The quantitative estimate of drug-likeness (QED) is 0.143. The summed E-state index contributed by atoms with van der Waals surface area (Å²) in [4.78, 5) is 13.0. The molecule has 0 unspecified atom stereocenters. The number of hydrogen-bond acceptors (Lipinski definition) is 12. The number of aliphatic hydroxyl groups excluding tert-OH is 4. The highest BCUT2D eigenvalue weighted by Crippen LogP contribution is 2.36. The summed E-state index contributed by atoms with van der Waals surface area (Å²) in [6.07, 6.45) is -7.05. The highest BCUT2D eigenvalue weighted by atomic mass is 32.2.